The molecule has 1 amide bonds. The van der Waals surface area contributed by atoms with Crippen LogP contribution in [0.2, 0.25) is 0 Å². The number of aryl methyl sites for hydroxylation is 1. The van der Waals surface area contributed by atoms with Gasteiger partial charge in [0.1, 0.15) is 17.4 Å². The molecule has 0 aliphatic carbocycles. The Labute approximate surface area is 158 Å². The Bertz CT molecular complexity index is 826. The molecule has 0 bridgehead atoms. The van der Waals surface area contributed by atoms with E-state index in [-0.39, 0.29) is 53.7 Å². The number of amides is 1. The van der Waals surface area contributed by atoms with Gasteiger partial charge in [-0.1, -0.05) is 30.3 Å². The number of furan rings is 1. The van der Waals surface area contributed by atoms with Gasteiger partial charge in [0.25, 0.3) is 5.91 Å². The maximum atomic E-state index is 12.3. The number of hydrogen-bond donors (Lipinski definition) is 2. The average molecular weight is 373 g/mol. The molecule has 1 atom stereocenters. The smallest absolute Gasteiger partial charge is 0.344 e. The van der Waals surface area contributed by atoms with E-state index in [4.69, 9.17) is 9.15 Å². The minimum Gasteiger partial charge on any atom is -0.462 e. The Morgan fingerprint density at radius 1 is 1.19 bits per heavy atom. The zero-order valence-corrected chi connectivity index (χ0v) is 16.0. The number of Topliss-reactive ketones (excluding diaryl/α,β-unsaturated/α-hetero) is 1. The zero-order valence-electron chi connectivity index (χ0n) is 16.0. The van der Waals surface area contributed by atoms with Crippen LogP contribution in [-0.4, -0.2) is 30.8 Å². The molecular weight excluding hydrogens is 348 g/mol. The summed E-state index contributed by atoms with van der Waals surface area (Å²) >= 11 is 0. The lowest BCUT2D eigenvalue weighted by atomic mass is 10.1. The van der Waals surface area contributed by atoms with E-state index < -0.39 is 5.97 Å². The second kappa shape index (κ2) is 9.14. The summed E-state index contributed by atoms with van der Waals surface area (Å²) in [5.41, 5.74) is 1.20. The molecule has 0 fully saturated rings. The number of anilines is 1. The van der Waals surface area contributed by atoms with Gasteiger partial charge in [-0.25, -0.2) is 4.79 Å². The topological polar surface area (TPSA) is 102 Å². The van der Waals surface area contributed by atoms with Crippen LogP contribution < -0.4 is 10.6 Å². The molecule has 1 aromatic carbocycles. The maximum Gasteiger partial charge on any atom is 0.344 e. The molecule has 1 aromatic heterocycles. The van der Waals surface area contributed by atoms with Gasteiger partial charge in [0.05, 0.1) is 12.2 Å². The highest BCUT2D eigenvalue weighted by molar-refractivity contribution is 6.10. The molecule has 0 unspecified atom stereocenters. The van der Waals surface area contributed by atoms with Crippen LogP contribution in [0.15, 0.2) is 34.7 Å². The largest absolute Gasteiger partial charge is 0.462 e. The van der Waals surface area contributed by atoms with Gasteiger partial charge in [-0.05, 0) is 27.7 Å². The highest BCUT2D eigenvalue weighted by Gasteiger charge is 2.29. The van der Waals surface area contributed by atoms with Gasteiger partial charge < -0.3 is 14.5 Å². The number of ether oxygens (including phenoxy) is 1. The first-order valence-electron chi connectivity index (χ1n) is 8.84. The molecule has 7 nitrogen and oxygen atoms in total. The molecular formula is C20H25N2O5+. The normalized spacial score (nSPS) is 11.7. The zero-order chi connectivity index (χ0) is 20.0. The summed E-state index contributed by atoms with van der Waals surface area (Å²) in [4.78, 5) is 36.5. The molecule has 0 saturated heterocycles. The van der Waals surface area contributed by atoms with Crippen molar-refractivity contribution < 1.29 is 28.9 Å². The van der Waals surface area contributed by atoms with Crippen LogP contribution in [0, 0.1) is 6.92 Å². The van der Waals surface area contributed by atoms with Crippen LogP contribution in [0.4, 0.5) is 5.88 Å². The lowest BCUT2D eigenvalue weighted by Crippen LogP contribution is -2.86. The first kappa shape index (κ1) is 20.4. The third kappa shape index (κ3) is 5.04. The first-order chi connectivity index (χ1) is 12.8. The average Bonchev–Trinajstić information content (AvgIpc) is 2.96. The molecule has 0 aliphatic heterocycles. The standard InChI is InChI=1S/C20H24N2O5/c1-5-26-20(25)18-17(13(3)23)14(4)27-19(18)22-16(24)11-21-12(2)15-9-7-6-8-10-15/h6-10,12,21H,5,11H2,1-4H3,(H,22,24)/p+1/t12-/m0/s1. The summed E-state index contributed by atoms with van der Waals surface area (Å²) in [7, 11) is 0. The summed E-state index contributed by atoms with van der Waals surface area (Å²) in [6.07, 6.45) is 0. The van der Waals surface area contributed by atoms with Crippen molar-refractivity contribution in [3.63, 3.8) is 0 Å². The fourth-order valence-corrected chi connectivity index (χ4v) is 2.81. The molecule has 3 N–H and O–H groups in total. The van der Waals surface area contributed by atoms with Crippen molar-refractivity contribution in [2.45, 2.75) is 33.7 Å². The second-order valence-electron chi connectivity index (χ2n) is 6.20. The highest BCUT2D eigenvalue weighted by atomic mass is 16.5. The molecule has 0 aliphatic rings. The van der Waals surface area contributed by atoms with E-state index in [2.05, 4.69) is 5.32 Å². The minimum atomic E-state index is -0.698. The fourth-order valence-electron chi connectivity index (χ4n) is 2.81. The first-order valence-corrected chi connectivity index (χ1v) is 8.84. The molecule has 2 rings (SSSR count). The van der Waals surface area contributed by atoms with Crippen LogP contribution in [0.5, 0.6) is 0 Å². The van der Waals surface area contributed by atoms with Gasteiger partial charge in [0.15, 0.2) is 12.3 Å². The number of quaternary nitrogens is 1. The van der Waals surface area contributed by atoms with Crippen LogP contribution in [-0.2, 0) is 9.53 Å². The summed E-state index contributed by atoms with van der Waals surface area (Å²) in [5.74, 6) is -1.16. The number of carbonyl (C=O) groups excluding carboxylic acids is 3. The molecule has 0 spiro atoms. The predicted molar refractivity (Wildman–Crippen MR) is 99.7 cm³/mol. The van der Waals surface area contributed by atoms with Gasteiger partial charge in [-0.15, -0.1) is 0 Å². The number of carbonyl (C=O) groups is 3. The molecule has 0 saturated carbocycles. The number of nitrogens with two attached hydrogens (primary N) is 1. The van der Waals surface area contributed by atoms with Gasteiger partial charge in [0.2, 0.25) is 5.88 Å². The Kier molecular flexibility index (Phi) is 6.90. The van der Waals surface area contributed by atoms with Crippen LogP contribution in [0.25, 0.3) is 0 Å². The molecule has 7 heteroatoms. The Morgan fingerprint density at radius 3 is 2.44 bits per heavy atom. The van der Waals surface area contributed by atoms with Crippen molar-refractivity contribution in [3.8, 4) is 0 Å². The number of hydrogen-bond acceptors (Lipinski definition) is 5. The summed E-state index contributed by atoms with van der Waals surface area (Å²) in [6, 6.07) is 9.90. The number of nitrogens with one attached hydrogen (secondary N) is 1. The SMILES string of the molecule is CCOC(=O)c1c(NC(=O)C[NH2+][C@@H](C)c2ccccc2)oc(C)c1C(C)=O. The Balaban J connectivity index is 2.12. The molecule has 27 heavy (non-hydrogen) atoms. The minimum absolute atomic E-state index is 0.0358. The highest BCUT2D eigenvalue weighted by Crippen LogP contribution is 2.28. The van der Waals surface area contributed by atoms with E-state index in [0.29, 0.717) is 0 Å². The van der Waals surface area contributed by atoms with Gasteiger partial charge >= 0.3 is 5.97 Å². The molecule has 0 radical (unpaired) electrons. The van der Waals surface area contributed by atoms with Crippen molar-refractivity contribution in [3.05, 3.63) is 52.8 Å². The number of ketones is 1. The monoisotopic (exact) mass is 373 g/mol. The van der Waals surface area contributed by atoms with Crippen LogP contribution >= 0.6 is 0 Å². The third-order valence-corrected chi connectivity index (χ3v) is 4.15. The van der Waals surface area contributed by atoms with Gasteiger partial charge in [-0.3, -0.25) is 14.9 Å². The van der Waals surface area contributed by atoms with Crippen molar-refractivity contribution in [1.29, 1.82) is 0 Å². The predicted octanol–water partition coefficient (Wildman–Crippen LogP) is 2.23. The van der Waals surface area contributed by atoms with Gasteiger partial charge in [0, 0.05) is 5.56 Å². The summed E-state index contributed by atoms with van der Waals surface area (Å²) < 4.78 is 10.5. The Morgan fingerprint density at radius 2 is 1.85 bits per heavy atom. The van der Waals surface area contributed by atoms with Crippen molar-refractivity contribution >= 4 is 23.5 Å². The van der Waals surface area contributed by atoms with Crippen molar-refractivity contribution in [2.75, 3.05) is 18.5 Å². The van der Waals surface area contributed by atoms with Crippen LogP contribution in [0.3, 0.4) is 0 Å². The second-order valence-corrected chi connectivity index (χ2v) is 6.20. The van der Waals surface area contributed by atoms with Gasteiger partial charge in [-0.2, -0.15) is 0 Å². The van der Waals surface area contributed by atoms with E-state index in [1.807, 2.05) is 42.6 Å². The Hall–Kier alpha value is -2.93. The number of esters is 1. The van der Waals surface area contributed by atoms with Crippen molar-refractivity contribution in [2.24, 2.45) is 0 Å². The number of rotatable bonds is 8. The maximum absolute atomic E-state index is 12.3. The lowest BCUT2D eigenvalue weighted by Gasteiger charge is -2.11. The van der Waals surface area contributed by atoms with Crippen molar-refractivity contribution in [1.82, 2.24) is 0 Å². The summed E-state index contributed by atoms with van der Waals surface area (Å²) in [5, 5.41) is 4.45. The van der Waals surface area contributed by atoms with E-state index in [1.165, 1.54) is 6.92 Å². The molecule has 1 heterocycles. The molecule has 144 valence electrons. The quantitative estimate of drug-likeness (QED) is 0.546. The summed E-state index contributed by atoms with van der Waals surface area (Å²) in [6.45, 7) is 6.85. The van der Waals surface area contributed by atoms with E-state index in [9.17, 15) is 14.4 Å². The van der Waals surface area contributed by atoms with E-state index in [1.54, 1.807) is 13.8 Å². The lowest BCUT2D eigenvalue weighted by molar-refractivity contribution is -0.682. The van der Waals surface area contributed by atoms with E-state index in [0.717, 1.165) is 5.56 Å². The fraction of sp³-hybridized carbons (Fsp3) is 0.350. The van der Waals surface area contributed by atoms with E-state index >= 15 is 0 Å². The van der Waals surface area contributed by atoms with Crippen LogP contribution in [0.1, 0.15) is 58.9 Å². The number of benzene rings is 1. The third-order valence-electron chi connectivity index (χ3n) is 4.15. The molecule has 2 aromatic rings.